The SMILES string of the molecule is CCCCCN(Cc1ncc(C)cc1C)C[C@H]1CN(CC[C@H](NC(=O)C2CCC(F)(F)CC2)c2ccccc2)CCN1.CCCCCN(Cc1ncccc1C)C[C@@H]1CN(Cc2ccc(C(F)(F)F)cc2)CCN1.CCCCCN(Cc1ncccc1C)C[C@H]1CN(Cc2ccc(C(F)(F)F)cc2)CCN1. The third-order valence-electron chi connectivity index (χ3n) is 21.1. The Balaban J connectivity index is 0.000000204. The first kappa shape index (κ1) is 85.3. The second-order valence-corrected chi connectivity index (χ2v) is 30.1. The van der Waals surface area contributed by atoms with Gasteiger partial charge in [0.05, 0.1) is 34.3 Å². The van der Waals surface area contributed by atoms with E-state index in [1.165, 1.54) is 104 Å². The molecule has 14 nitrogen and oxygen atoms in total. The number of pyridine rings is 3. The summed E-state index contributed by atoms with van der Waals surface area (Å²) in [4.78, 5) is 41.8. The predicted molar refractivity (Wildman–Crippen MR) is 410 cm³/mol. The highest BCUT2D eigenvalue weighted by Crippen LogP contribution is 2.37. The predicted octanol–water partition coefficient (Wildman–Crippen LogP) is 15.8. The molecule has 0 unspecified atom stereocenters. The third-order valence-corrected chi connectivity index (χ3v) is 21.1. The molecule has 106 heavy (non-hydrogen) atoms. The number of piperazine rings is 3. The molecule has 4 N–H and O–H groups in total. The topological polar surface area (TPSA) is 123 Å². The Morgan fingerprint density at radius 1 is 0.538 bits per heavy atom. The highest BCUT2D eigenvalue weighted by molar-refractivity contribution is 5.79. The lowest BCUT2D eigenvalue weighted by Gasteiger charge is -2.37. The number of alkyl halides is 8. The summed E-state index contributed by atoms with van der Waals surface area (Å²) in [5, 5.41) is 14.2. The van der Waals surface area contributed by atoms with Gasteiger partial charge in [-0.25, -0.2) is 8.78 Å². The number of carbonyl (C=O) groups is 1. The minimum absolute atomic E-state index is 0.0831. The molecule has 0 radical (unpaired) electrons. The van der Waals surface area contributed by atoms with Gasteiger partial charge in [-0.1, -0.05) is 132 Å². The van der Waals surface area contributed by atoms with Gasteiger partial charge in [-0.15, -0.1) is 0 Å². The van der Waals surface area contributed by atoms with Crippen LogP contribution in [0.4, 0.5) is 35.1 Å². The van der Waals surface area contributed by atoms with Gasteiger partial charge in [0.1, 0.15) is 0 Å². The third kappa shape index (κ3) is 29.9. The molecule has 3 aliphatic heterocycles. The maximum absolute atomic E-state index is 13.7. The van der Waals surface area contributed by atoms with Crippen LogP contribution in [-0.4, -0.2) is 179 Å². The Morgan fingerprint density at radius 3 is 1.36 bits per heavy atom. The molecule has 10 rings (SSSR count). The number of aryl methyl sites for hydroxylation is 4. The Morgan fingerprint density at radius 2 is 0.953 bits per heavy atom. The van der Waals surface area contributed by atoms with E-state index < -0.39 is 29.4 Å². The van der Waals surface area contributed by atoms with Gasteiger partial charge in [0, 0.05) is 173 Å². The highest BCUT2D eigenvalue weighted by atomic mass is 19.4. The van der Waals surface area contributed by atoms with E-state index in [0.717, 1.165) is 165 Å². The minimum Gasteiger partial charge on any atom is -0.349 e. The number of rotatable bonds is 34. The largest absolute Gasteiger partial charge is 0.416 e. The smallest absolute Gasteiger partial charge is 0.349 e. The molecule has 1 saturated carbocycles. The van der Waals surface area contributed by atoms with Gasteiger partial charge in [-0.3, -0.25) is 44.2 Å². The number of hydrogen-bond donors (Lipinski definition) is 4. The van der Waals surface area contributed by atoms with Gasteiger partial charge in [0.25, 0.3) is 0 Å². The second-order valence-electron chi connectivity index (χ2n) is 30.1. The zero-order valence-electron chi connectivity index (χ0n) is 64.2. The van der Waals surface area contributed by atoms with Crippen molar-refractivity contribution in [3.63, 3.8) is 0 Å². The average molecular weight is 1480 g/mol. The number of nitrogens with zero attached hydrogens (tertiary/aromatic N) is 9. The zero-order chi connectivity index (χ0) is 75.9. The van der Waals surface area contributed by atoms with Crippen LogP contribution >= 0.6 is 0 Å². The van der Waals surface area contributed by atoms with E-state index in [4.69, 9.17) is 4.98 Å². The number of carbonyl (C=O) groups excluding carboxylic acids is 1. The molecular weight excluding hydrogens is 1360 g/mol. The number of nitrogens with one attached hydrogen (secondary N) is 4. The van der Waals surface area contributed by atoms with Crippen molar-refractivity contribution < 1.29 is 39.9 Å². The molecule has 3 aromatic heterocycles. The zero-order valence-corrected chi connectivity index (χ0v) is 64.2. The number of aromatic nitrogens is 3. The maximum Gasteiger partial charge on any atom is 0.416 e. The number of unbranched alkanes of at least 4 members (excludes halogenated alkanes) is 6. The summed E-state index contributed by atoms with van der Waals surface area (Å²) < 4.78 is 104. The molecule has 1 amide bonds. The quantitative estimate of drug-likeness (QED) is 0.0227. The molecule has 4 atom stereocenters. The van der Waals surface area contributed by atoms with Gasteiger partial charge in [0.15, 0.2) is 0 Å². The fourth-order valence-electron chi connectivity index (χ4n) is 14.9. The molecule has 1 aliphatic carbocycles. The molecule has 6 aromatic rings. The summed E-state index contributed by atoms with van der Waals surface area (Å²) >= 11 is 0. The van der Waals surface area contributed by atoms with Crippen molar-refractivity contribution in [1.82, 2.24) is 65.6 Å². The molecule has 6 heterocycles. The van der Waals surface area contributed by atoms with Crippen LogP contribution in [0.1, 0.15) is 184 Å². The summed E-state index contributed by atoms with van der Waals surface area (Å²) in [6, 6.07) is 32.4. The number of benzene rings is 3. The van der Waals surface area contributed by atoms with Crippen LogP contribution in [0.3, 0.4) is 0 Å². The van der Waals surface area contributed by atoms with Crippen molar-refractivity contribution in [2.45, 2.75) is 214 Å². The van der Waals surface area contributed by atoms with E-state index in [9.17, 15) is 39.9 Å². The molecule has 4 fully saturated rings. The normalized spacial score (nSPS) is 18.8. The van der Waals surface area contributed by atoms with Gasteiger partial charge in [0.2, 0.25) is 11.8 Å². The molecular formula is C84H121F8N13O. The maximum atomic E-state index is 13.7. The van der Waals surface area contributed by atoms with E-state index in [0.29, 0.717) is 31.2 Å². The summed E-state index contributed by atoms with van der Waals surface area (Å²) in [6.45, 7) is 34.1. The van der Waals surface area contributed by atoms with Crippen molar-refractivity contribution in [3.8, 4) is 0 Å². The van der Waals surface area contributed by atoms with E-state index in [1.54, 1.807) is 24.3 Å². The molecule has 0 spiro atoms. The Kier molecular flexibility index (Phi) is 35.2. The average Bonchev–Trinajstić information content (AvgIpc) is 0.916. The van der Waals surface area contributed by atoms with Crippen molar-refractivity contribution >= 4 is 5.91 Å². The van der Waals surface area contributed by atoms with Crippen molar-refractivity contribution in [1.29, 1.82) is 0 Å². The summed E-state index contributed by atoms with van der Waals surface area (Å²) in [6.07, 6.45) is 8.82. The second kappa shape index (κ2) is 43.7. The van der Waals surface area contributed by atoms with Crippen molar-refractivity contribution in [2.75, 3.05) is 105 Å². The summed E-state index contributed by atoms with van der Waals surface area (Å²) in [7, 11) is 0. The first-order valence-corrected chi connectivity index (χ1v) is 39.2. The monoisotopic (exact) mass is 1480 g/mol. The van der Waals surface area contributed by atoms with Crippen LogP contribution in [0.15, 0.2) is 128 Å². The molecule has 584 valence electrons. The number of amides is 1. The van der Waals surface area contributed by atoms with Crippen LogP contribution < -0.4 is 21.3 Å². The van der Waals surface area contributed by atoms with Crippen LogP contribution in [0.5, 0.6) is 0 Å². The van der Waals surface area contributed by atoms with Gasteiger partial charge < -0.3 is 26.2 Å². The lowest BCUT2D eigenvalue weighted by atomic mass is 9.86. The van der Waals surface area contributed by atoms with Gasteiger partial charge >= 0.3 is 12.4 Å². The number of halogens is 8. The van der Waals surface area contributed by atoms with Crippen LogP contribution in [0, 0.1) is 33.6 Å². The molecule has 22 heteroatoms. The lowest BCUT2D eigenvalue weighted by molar-refractivity contribution is -0.138. The van der Waals surface area contributed by atoms with Crippen molar-refractivity contribution in [2.24, 2.45) is 5.92 Å². The van der Waals surface area contributed by atoms with E-state index >= 15 is 0 Å². The van der Waals surface area contributed by atoms with Gasteiger partial charge in [-0.2, -0.15) is 26.3 Å². The molecule has 4 aliphatic rings. The standard InChI is InChI=1S/C34H51F2N5O.2C25H35F3N4/c1-4-5-9-18-41(25-32-27(3)21-26(2)22-38-32)24-30-23-40(20-17-37-30)19-14-31(28-10-7-6-8-11-28)39-33(42)29-12-15-34(35,36)16-13-29;2*1-3-4-5-14-31(19-24-20(2)7-6-12-30-24)17-23-18-32(15-13-29-23)16-21-8-10-22(11-9-21)25(26,27)28/h6-8,10-11,21-22,29-31,37H,4-5,9,12-20,23-25H2,1-3H3,(H,39,42);2*6-12,23,29H,3-5,13-19H2,1-2H3/t30-,31+;2*23-/m110/s1. The molecule has 3 saturated heterocycles. The number of hydrogen-bond acceptors (Lipinski definition) is 13. The molecule has 0 bridgehead atoms. The Hall–Kier alpha value is -6.34. The summed E-state index contributed by atoms with van der Waals surface area (Å²) in [5.41, 5.74) is 10.0. The van der Waals surface area contributed by atoms with E-state index in [2.05, 4.69) is 139 Å². The van der Waals surface area contributed by atoms with Crippen LogP contribution in [-0.2, 0) is 49.9 Å². The van der Waals surface area contributed by atoms with Crippen molar-refractivity contribution in [3.05, 3.63) is 195 Å². The van der Waals surface area contributed by atoms with Crippen LogP contribution in [0.25, 0.3) is 0 Å². The minimum atomic E-state index is -4.29. The van der Waals surface area contributed by atoms with Gasteiger partial charge in [-0.05, 0) is 161 Å². The lowest BCUT2D eigenvalue weighted by Crippen LogP contribution is -2.55. The first-order valence-electron chi connectivity index (χ1n) is 39.2. The fourth-order valence-corrected chi connectivity index (χ4v) is 14.9. The Bertz CT molecular complexity index is 3330. The Labute approximate surface area is 627 Å². The van der Waals surface area contributed by atoms with E-state index in [-0.39, 0.29) is 43.6 Å². The fraction of sp³-hybridized carbons (Fsp3) is 0.595. The summed E-state index contributed by atoms with van der Waals surface area (Å²) in [5.74, 6) is -3.04. The molecule has 3 aromatic carbocycles. The van der Waals surface area contributed by atoms with E-state index in [1.807, 2.05) is 48.9 Å². The van der Waals surface area contributed by atoms with Crippen LogP contribution in [0.2, 0.25) is 0 Å². The first-order chi connectivity index (χ1) is 50.9. The highest BCUT2D eigenvalue weighted by Gasteiger charge is 2.38.